The number of carbonyl (C=O) groups is 2. The van der Waals surface area contributed by atoms with Crippen molar-refractivity contribution in [2.75, 3.05) is 11.1 Å². The Morgan fingerprint density at radius 2 is 1.74 bits per heavy atom. The van der Waals surface area contributed by atoms with Gasteiger partial charge in [0.25, 0.3) is 5.91 Å². The highest BCUT2D eigenvalue weighted by Crippen LogP contribution is 2.28. The van der Waals surface area contributed by atoms with Gasteiger partial charge in [0.2, 0.25) is 5.91 Å². The van der Waals surface area contributed by atoms with E-state index < -0.39 is 0 Å². The number of carbonyl (C=O) groups excluding carboxylic acids is 2. The smallest absolute Gasteiger partial charge is 0.251 e. The number of amides is 2. The molecule has 0 radical (unpaired) electrons. The summed E-state index contributed by atoms with van der Waals surface area (Å²) in [6.07, 6.45) is 2.02. The van der Waals surface area contributed by atoms with Crippen molar-refractivity contribution in [3.8, 4) is 17.1 Å². The molecular weight excluding hydrogens is 465 g/mol. The fraction of sp³-hybridized carbons (Fsp3) is 0.154. The van der Waals surface area contributed by atoms with E-state index in [9.17, 15) is 14.0 Å². The van der Waals surface area contributed by atoms with Gasteiger partial charge in [0.05, 0.1) is 5.75 Å². The SMILES string of the molecule is O=C(CSc1nnc(-c2ccccc2)n1-c1ccc(F)cc1)Nc1cccc(C(=O)NC2CC2)c1. The van der Waals surface area contributed by atoms with E-state index in [1.54, 1.807) is 41.0 Å². The standard InChI is InChI=1S/C26H22FN5O2S/c27-19-9-13-22(14-10-19)32-24(17-5-2-1-3-6-17)30-31-26(32)35-16-23(33)28-21-8-4-7-18(15-21)25(34)29-20-11-12-20/h1-10,13-15,20H,11-12,16H2,(H,28,33)(H,29,34). The van der Waals surface area contributed by atoms with E-state index in [0.717, 1.165) is 18.4 Å². The van der Waals surface area contributed by atoms with Crippen LogP contribution in [-0.2, 0) is 4.79 Å². The number of halogens is 1. The number of benzene rings is 3. The summed E-state index contributed by atoms with van der Waals surface area (Å²) >= 11 is 1.22. The predicted octanol–water partition coefficient (Wildman–Crippen LogP) is 4.70. The molecule has 0 aliphatic heterocycles. The van der Waals surface area contributed by atoms with E-state index in [1.807, 2.05) is 30.3 Å². The zero-order valence-corrected chi connectivity index (χ0v) is 19.5. The highest BCUT2D eigenvalue weighted by molar-refractivity contribution is 7.99. The molecule has 5 rings (SSSR count). The topological polar surface area (TPSA) is 88.9 Å². The number of nitrogens with zero attached hydrogens (tertiary/aromatic N) is 3. The Kier molecular flexibility index (Phi) is 6.58. The first kappa shape index (κ1) is 22.8. The maximum absolute atomic E-state index is 13.5. The fourth-order valence-corrected chi connectivity index (χ4v) is 4.27. The summed E-state index contributed by atoms with van der Waals surface area (Å²) in [5.74, 6) is -0.0604. The summed E-state index contributed by atoms with van der Waals surface area (Å²) in [5.41, 5.74) is 2.59. The zero-order chi connectivity index (χ0) is 24.2. The molecule has 9 heteroatoms. The van der Waals surface area contributed by atoms with Crippen molar-refractivity contribution < 1.29 is 14.0 Å². The predicted molar refractivity (Wildman–Crippen MR) is 133 cm³/mol. The van der Waals surface area contributed by atoms with Gasteiger partial charge in [-0.1, -0.05) is 48.2 Å². The Hall–Kier alpha value is -3.98. The lowest BCUT2D eigenvalue weighted by atomic mass is 10.2. The average Bonchev–Trinajstić information content (AvgIpc) is 3.59. The molecule has 3 aromatic carbocycles. The summed E-state index contributed by atoms with van der Waals surface area (Å²) in [4.78, 5) is 25.0. The highest BCUT2D eigenvalue weighted by atomic mass is 32.2. The summed E-state index contributed by atoms with van der Waals surface area (Å²) in [5, 5.41) is 14.9. The van der Waals surface area contributed by atoms with Crippen LogP contribution in [0.2, 0.25) is 0 Å². The molecule has 0 unspecified atom stereocenters. The molecule has 0 atom stereocenters. The van der Waals surface area contributed by atoms with Crippen molar-refractivity contribution in [3.63, 3.8) is 0 Å². The van der Waals surface area contributed by atoms with Crippen LogP contribution in [-0.4, -0.2) is 38.4 Å². The lowest BCUT2D eigenvalue weighted by Crippen LogP contribution is -2.25. The second-order valence-corrected chi connectivity index (χ2v) is 9.09. The molecule has 2 N–H and O–H groups in total. The van der Waals surface area contributed by atoms with Gasteiger partial charge in [-0.15, -0.1) is 10.2 Å². The maximum Gasteiger partial charge on any atom is 0.251 e. The number of hydrogen-bond acceptors (Lipinski definition) is 5. The van der Waals surface area contributed by atoms with Gasteiger partial charge in [-0.25, -0.2) is 4.39 Å². The van der Waals surface area contributed by atoms with Crippen LogP contribution in [0, 0.1) is 5.82 Å². The van der Waals surface area contributed by atoms with Gasteiger partial charge in [0.15, 0.2) is 11.0 Å². The van der Waals surface area contributed by atoms with Gasteiger partial charge in [0, 0.05) is 28.5 Å². The van der Waals surface area contributed by atoms with Crippen LogP contribution in [0.3, 0.4) is 0 Å². The van der Waals surface area contributed by atoms with E-state index in [-0.39, 0.29) is 29.4 Å². The Bertz CT molecular complexity index is 1350. The quantitative estimate of drug-likeness (QED) is 0.352. The average molecular weight is 488 g/mol. The van der Waals surface area contributed by atoms with Crippen LogP contribution in [0.15, 0.2) is 84.0 Å². The number of thioether (sulfide) groups is 1. The third kappa shape index (κ3) is 5.58. The number of hydrogen-bond donors (Lipinski definition) is 2. The van der Waals surface area contributed by atoms with Crippen LogP contribution >= 0.6 is 11.8 Å². The molecule has 0 spiro atoms. The fourth-order valence-electron chi connectivity index (χ4n) is 3.52. The molecule has 1 saturated carbocycles. The minimum Gasteiger partial charge on any atom is -0.349 e. The van der Waals surface area contributed by atoms with Crippen LogP contribution in [0.1, 0.15) is 23.2 Å². The molecule has 0 saturated heterocycles. The van der Waals surface area contributed by atoms with Crippen molar-refractivity contribution in [2.24, 2.45) is 0 Å². The van der Waals surface area contributed by atoms with Crippen molar-refractivity contribution in [1.82, 2.24) is 20.1 Å². The molecule has 1 aromatic heterocycles. The van der Waals surface area contributed by atoms with Crippen LogP contribution in [0.5, 0.6) is 0 Å². The van der Waals surface area contributed by atoms with Gasteiger partial charge in [-0.3, -0.25) is 14.2 Å². The zero-order valence-electron chi connectivity index (χ0n) is 18.6. The molecule has 0 bridgehead atoms. The van der Waals surface area contributed by atoms with Gasteiger partial charge in [0.1, 0.15) is 5.82 Å². The Labute approximate surface area is 205 Å². The molecule has 35 heavy (non-hydrogen) atoms. The third-order valence-corrected chi connectivity index (χ3v) is 6.33. The Balaban J connectivity index is 1.31. The van der Waals surface area contributed by atoms with Crippen molar-refractivity contribution in [1.29, 1.82) is 0 Å². The first-order valence-electron chi connectivity index (χ1n) is 11.2. The lowest BCUT2D eigenvalue weighted by molar-refractivity contribution is -0.113. The largest absolute Gasteiger partial charge is 0.349 e. The normalized spacial score (nSPS) is 12.8. The highest BCUT2D eigenvalue weighted by Gasteiger charge is 2.24. The molecule has 4 aromatic rings. The first-order chi connectivity index (χ1) is 17.1. The maximum atomic E-state index is 13.5. The Morgan fingerprint density at radius 3 is 2.49 bits per heavy atom. The van der Waals surface area contributed by atoms with Crippen molar-refractivity contribution in [2.45, 2.75) is 24.0 Å². The monoisotopic (exact) mass is 487 g/mol. The van der Waals surface area contributed by atoms with E-state index in [4.69, 9.17) is 0 Å². The van der Waals surface area contributed by atoms with Gasteiger partial charge >= 0.3 is 0 Å². The summed E-state index contributed by atoms with van der Waals surface area (Å²) in [6.45, 7) is 0. The number of rotatable bonds is 8. The third-order valence-electron chi connectivity index (χ3n) is 5.40. The van der Waals surface area contributed by atoms with Crippen molar-refractivity contribution in [3.05, 3.63) is 90.2 Å². The van der Waals surface area contributed by atoms with Crippen LogP contribution in [0.4, 0.5) is 10.1 Å². The molecule has 7 nitrogen and oxygen atoms in total. The minimum absolute atomic E-state index is 0.0760. The van der Waals surface area contributed by atoms with E-state index in [2.05, 4.69) is 20.8 Å². The molecule has 1 aliphatic rings. The minimum atomic E-state index is -0.343. The Morgan fingerprint density at radius 1 is 0.971 bits per heavy atom. The second-order valence-electron chi connectivity index (χ2n) is 8.15. The number of aromatic nitrogens is 3. The number of anilines is 1. The summed E-state index contributed by atoms with van der Waals surface area (Å²) < 4.78 is 15.3. The van der Waals surface area contributed by atoms with E-state index >= 15 is 0 Å². The second kappa shape index (κ2) is 10.1. The summed E-state index contributed by atoms with van der Waals surface area (Å²) in [6, 6.07) is 22.7. The van der Waals surface area contributed by atoms with Gasteiger partial charge in [-0.05, 0) is 55.3 Å². The molecule has 2 amide bonds. The first-order valence-corrected chi connectivity index (χ1v) is 12.2. The van der Waals surface area contributed by atoms with Crippen LogP contribution < -0.4 is 10.6 Å². The molecule has 176 valence electrons. The molecular formula is C26H22FN5O2S. The van der Waals surface area contributed by atoms with Crippen molar-refractivity contribution >= 4 is 29.3 Å². The molecule has 1 aliphatic carbocycles. The summed E-state index contributed by atoms with van der Waals surface area (Å²) in [7, 11) is 0. The lowest BCUT2D eigenvalue weighted by Gasteiger charge is -2.11. The molecule has 1 heterocycles. The van der Waals surface area contributed by atoms with E-state index in [1.165, 1.54) is 23.9 Å². The van der Waals surface area contributed by atoms with Crippen LogP contribution in [0.25, 0.3) is 17.1 Å². The van der Waals surface area contributed by atoms with Gasteiger partial charge < -0.3 is 10.6 Å². The molecule has 1 fully saturated rings. The van der Waals surface area contributed by atoms with E-state index in [0.29, 0.717) is 27.9 Å². The number of nitrogens with one attached hydrogen (secondary N) is 2. The van der Waals surface area contributed by atoms with Gasteiger partial charge in [-0.2, -0.15) is 0 Å².